The Bertz CT molecular complexity index is 617. The molecule has 0 aromatic heterocycles. The van der Waals surface area contributed by atoms with Crippen molar-refractivity contribution in [3.05, 3.63) is 22.7 Å². The van der Waals surface area contributed by atoms with E-state index in [0.29, 0.717) is 28.4 Å². The maximum absolute atomic E-state index is 13.0. The van der Waals surface area contributed by atoms with Crippen molar-refractivity contribution in [3.8, 4) is 0 Å². The summed E-state index contributed by atoms with van der Waals surface area (Å²) < 4.78 is 28.2. The Morgan fingerprint density at radius 1 is 1.41 bits per heavy atom. The van der Waals surface area contributed by atoms with Crippen molar-refractivity contribution in [2.24, 2.45) is 5.92 Å². The minimum Gasteiger partial charge on any atom is -0.378 e. The van der Waals surface area contributed by atoms with Crippen molar-refractivity contribution in [3.63, 3.8) is 0 Å². The number of rotatable bonds is 5. The number of hydrogen-bond donors (Lipinski definition) is 1. The van der Waals surface area contributed by atoms with Crippen LogP contribution >= 0.6 is 15.9 Å². The molecule has 5 nitrogen and oxygen atoms in total. The number of halogens is 1. The number of sulfonamides is 1. The van der Waals surface area contributed by atoms with Crippen LogP contribution < -0.4 is 10.2 Å². The van der Waals surface area contributed by atoms with Gasteiger partial charge in [-0.25, -0.2) is 8.42 Å². The zero-order valence-electron chi connectivity index (χ0n) is 13.3. The molecule has 0 saturated carbocycles. The molecule has 0 amide bonds. The SMILES string of the molecule is CNCC1CCCN(S(=O)(=O)c2cc(N(C)C)ccc2Br)C1. The minimum absolute atomic E-state index is 0.351. The Balaban J connectivity index is 2.31. The fourth-order valence-electron chi connectivity index (χ4n) is 2.81. The van der Waals surface area contributed by atoms with Crippen molar-refractivity contribution in [1.82, 2.24) is 9.62 Å². The first-order valence-corrected chi connectivity index (χ1v) is 9.71. The quantitative estimate of drug-likeness (QED) is 0.837. The lowest BCUT2D eigenvalue weighted by Gasteiger charge is -2.32. The van der Waals surface area contributed by atoms with Crippen molar-refractivity contribution in [2.75, 3.05) is 45.7 Å². The van der Waals surface area contributed by atoms with E-state index in [2.05, 4.69) is 21.2 Å². The number of anilines is 1. The van der Waals surface area contributed by atoms with E-state index >= 15 is 0 Å². The Labute approximate surface area is 141 Å². The van der Waals surface area contributed by atoms with Gasteiger partial charge in [0.05, 0.1) is 4.90 Å². The van der Waals surface area contributed by atoms with E-state index in [1.807, 2.05) is 32.1 Å². The predicted octanol–water partition coefficient (Wildman–Crippen LogP) is 2.14. The van der Waals surface area contributed by atoms with Crippen LogP contribution in [-0.2, 0) is 10.0 Å². The molecule has 7 heteroatoms. The molecular weight excluding hydrogens is 366 g/mol. The summed E-state index contributed by atoms with van der Waals surface area (Å²) in [5.41, 5.74) is 0.880. The largest absolute Gasteiger partial charge is 0.378 e. The molecule has 1 fully saturated rings. The second-order valence-corrected chi connectivity index (χ2v) is 8.70. The first-order valence-electron chi connectivity index (χ1n) is 7.48. The average molecular weight is 390 g/mol. The second kappa shape index (κ2) is 7.29. The lowest BCUT2D eigenvalue weighted by molar-refractivity contribution is 0.263. The molecule has 1 atom stereocenters. The number of hydrogen-bond acceptors (Lipinski definition) is 4. The summed E-state index contributed by atoms with van der Waals surface area (Å²) in [4.78, 5) is 2.26. The van der Waals surface area contributed by atoms with Gasteiger partial charge in [-0.1, -0.05) is 0 Å². The molecule has 1 aromatic carbocycles. The summed E-state index contributed by atoms with van der Waals surface area (Å²) in [7, 11) is 2.25. The number of piperidine rings is 1. The molecule has 0 radical (unpaired) electrons. The van der Waals surface area contributed by atoms with Crippen molar-refractivity contribution in [1.29, 1.82) is 0 Å². The van der Waals surface area contributed by atoms with Crippen LogP contribution in [-0.4, -0.2) is 53.5 Å². The highest BCUT2D eigenvalue weighted by atomic mass is 79.9. The molecule has 1 aromatic rings. The Morgan fingerprint density at radius 2 is 2.14 bits per heavy atom. The third-order valence-corrected chi connectivity index (χ3v) is 6.88. The van der Waals surface area contributed by atoms with Gasteiger partial charge in [-0.2, -0.15) is 4.31 Å². The average Bonchev–Trinajstić information content (AvgIpc) is 2.48. The van der Waals surface area contributed by atoms with Crippen LogP contribution in [0.1, 0.15) is 12.8 Å². The topological polar surface area (TPSA) is 52.7 Å². The summed E-state index contributed by atoms with van der Waals surface area (Å²) in [6, 6.07) is 5.45. The summed E-state index contributed by atoms with van der Waals surface area (Å²) in [5.74, 6) is 0.379. The van der Waals surface area contributed by atoms with E-state index in [1.165, 1.54) is 0 Å². The fraction of sp³-hybridized carbons (Fsp3) is 0.600. The summed E-state index contributed by atoms with van der Waals surface area (Å²) in [5, 5.41) is 3.15. The normalized spacial score (nSPS) is 20.1. The van der Waals surface area contributed by atoms with Gasteiger partial charge in [0.1, 0.15) is 0 Å². The first-order chi connectivity index (χ1) is 10.4. The zero-order valence-corrected chi connectivity index (χ0v) is 15.7. The van der Waals surface area contributed by atoms with Crippen LogP contribution in [0.25, 0.3) is 0 Å². The lowest BCUT2D eigenvalue weighted by atomic mass is 10.00. The van der Waals surface area contributed by atoms with E-state index < -0.39 is 10.0 Å². The molecule has 22 heavy (non-hydrogen) atoms. The van der Waals surface area contributed by atoms with Gasteiger partial charge in [-0.3, -0.25) is 0 Å². The Hall–Kier alpha value is -0.630. The first kappa shape index (κ1) is 17.7. The van der Waals surface area contributed by atoms with Crippen LogP contribution in [0, 0.1) is 5.92 Å². The summed E-state index contributed by atoms with van der Waals surface area (Å²) >= 11 is 3.39. The molecule has 0 bridgehead atoms. The van der Waals surface area contributed by atoms with E-state index in [1.54, 1.807) is 16.4 Å². The van der Waals surface area contributed by atoms with Crippen LogP contribution in [0.3, 0.4) is 0 Å². The summed E-state index contributed by atoms with van der Waals surface area (Å²) in [6.07, 6.45) is 1.99. The van der Waals surface area contributed by atoms with Gasteiger partial charge >= 0.3 is 0 Å². The van der Waals surface area contributed by atoms with E-state index in [9.17, 15) is 8.42 Å². The van der Waals surface area contributed by atoms with E-state index in [4.69, 9.17) is 0 Å². The van der Waals surface area contributed by atoms with Gasteiger partial charge in [0, 0.05) is 37.3 Å². The summed E-state index contributed by atoms with van der Waals surface area (Å²) in [6.45, 7) is 2.04. The highest BCUT2D eigenvalue weighted by molar-refractivity contribution is 9.10. The maximum atomic E-state index is 13.0. The molecule has 1 aliphatic heterocycles. The molecule has 1 N–H and O–H groups in total. The number of nitrogens with one attached hydrogen (secondary N) is 1. The van der Waals surface area contributed by atoms with Crippen molar-refractivity contribution in [2.45, 2.75) is 17.7 Å². The van der Waals surface area contributed by atoms with Gasteiger partial charge in [0.2, 0.25) is 10.0 Å². The Morgan fingerprint density at radius 3 is 2.77 bits per heavy atom. The second-order valence-electron chi connectivity index (χ2n) is 5.94. The molecule has 1 unspecified atom stereocenters. The monoisotopic (exact) mass is 389 g/mol. The zero-order chi connectivity index (χ0) is 16.3. The molecular formula is C15H24BrN3O2S. The lowest BCUT2D eigenvalue weighted by Crippen LogP contribution is -2.42. The smallest absolute Gasteiger partial charge is 0.244 e. The third-order valence-electron chi connectivity index (χ3n) is 4.02. The molecule has 2 rings (SSSR count). The van der Waals surface area contributed by atoms with Gasteiger partial charge in [0.25, 0.3) is 0 Å². The van der Waals surface area contributed by atoms with Crippen molar-refractivity contribution >= 4 is 31.6 Å². The minimum atomic E-state index is -3.47. The van der Waals surface area contributed by atoms with Gasteiger partial charge in [-0.15, -0.1) is 0 Å². The van der Waals surface area contributed by atoms with Crippen molar-refractivity contribution < 1.29 is 8.42 Å². The third kappa shape index (κ3) is 3.82. The van der Waals surface area contributed by atoms with Gasteiger partial charge in [-0.05, 0) is 66.5 Å². The van der Waals surface area contributed by atoms with Crippen LogP contribution in [0.5, 0.6) is 0 Å². The molecule has 0 spiro atoms. The van der Waals surface area contributed by atoms with E-state index in [0.717, 1.165) is 25.1 Å². The fourth-order valence-corrected chi connectivity index (χ4v) is 5.31. The van der Waals surface area contributed by atoms with E-state index in [-0.39, 0.29) is 0 Å². The highest BCUT2D eigenvalue weighted by Gasteiger charge is 2.31. The molecule has 124 valence electrons. The molecule has 1 saturated heterocycles. The maximum Gasteiger partial charge on any atom is 0.244 e. The number of nitrogens with zero attached hydrogens (tertiary/aromatic N) is 2. The van der Waals surface area contributed by atoms with Gasteiger partial charge < -0.3 is 10.2 Å². The van der Waals surface area contributed by atoms with Crippen LogP contribution in [0.4, 0.5) is 5.69 Å². The standard InChI is InChI=1S/C15H24BrN3O2S/c1-17-10-12-5-4-8-19(11-12)22(20,21)15-9-13(18(2)3)6-7-14(15)16/h6-7,9,12,17H,4-5,8,10-11H2,1-3H3. The molecule has 1 aliphatic rings. The predicted molar refractivity (Wildman–Crippen MR) is 93.9 cm³/mol. The van der Waals surface area contributed by atoms with Crippen LogP contribution in [0.15, 0.2) is 27.6 Å². The molecule has 1 heterocycles. The highest BCUT2D eigenvalue weighted by Crippen LogP contribution is 2.31. The molecule has 0 aliphatic carbocycles. The Kier molecular flexibility index (Phi) is 5.87. The van der Waals surface area contributed by atoms with Gasteiger partial charge in [0.15, 0.2) is 0 Å². The number of benzene rings is 1. The van der Waals surface area contributed by atoms with Crippen LogP contribution in [0.2, 0.25) is 0 Å².